The van der Waals surface area contributed by atoms with E-state index in [1.54, 1.807) is 23.6 Å². The lowest BCUT2D eigenvalue weighted by molar-refractivity contribution is -0.146. The van der Waals surface area contributed by atoms with Gasteiger partial charge in [0.25, 0.3) is 5.91 Å². The average molecular weight is 382 g/mol. The van der Waals surface area contributed by atoms with Gasteiger partial charge in [0.1, 0.15) is 5.00 Å². The number of carboxylic acids is 1. The van der Waals surface area contributed by atoms with E-state index < -0.39 is 17.8 Å². The van der Waals surface area contributed by atoms with E-state index in [1.807, 2.05) is 30.4 Å². The third-order valence-corrected chi connectivity index (χ3v) is 6.06. The first-order valence-electron chi connectivity index (χ1n) is 8.70. The van der Waals surface area contributed by atoms with Crippen molar-refractivity contribution in [1.29, 1.82) is 0 Å². The van der Waals surface area contributed by atoms with Gasteiger partial charge in [0.2, 0.25) is 5.91 Å². The van der Waals surface area contributed by atoms with Crippen LogP contribution in [0.25, 0.3) is 0 Å². The number of carbonyl (C=O) groups is 3. The Morgan fingerprint density at radius 2 is 1.67 bits per heavy atom. The summed E-state index contributed by atoms with van der Waals surface area (Å²) in [5.74, 6) is -3.06. The summed E-state index contributed by atoms with van der Waals surface area (Å²) in [5.41, 5.74) is 1.03. The van der Waals surface area contributed by atoms with Crippen LogP contribution in [0.3, 0.4) is 0 Å². The van der Waals surface area contributed by atoms with Crippen molar-refractivity contribution in [3.63, 3.8) is 0 Å². The first-order valence-corrected chi connectivity index (χ1v) is 9.58. The molecule has 27 heavy (non-hydrogen) atoms. The maximum absolute atomic E-state index is 12.8. The molecule has 138 valence electrons. The Hall–Kier alpha value is -2.93. The second-order valence-corrected chi connectivity index (χ2v) is 7.73. The van der Waals surface area contributed by atoms with Gasteiger partial charge in [-0.05, 0) is 41.8 Å². The van der Waals surface area contributed by atoms with Crippen molar-refractivity contribution in [1.82, 2.24) is 0 Å². The number of para-hydroxylation sites is 1. The highest BCUT2D eigenvalue weighted by Crippen LogP contribution is 2.48. The minimum Gasteiger partial charge on any atom is -0.481 e. The summed E-state index contributed by atoms with van der Waals surface area (Å²) in [5, 5.41) is 17.3. The number of aliphatic carboxylic acids is 1. The van der Waals surface area contributed by atoms with Crippen LogP contribution in [0.5, 0.6) is 0 Å². The Balaban J connectivity index is 1.50. The van der Waals surface area contributed by atoms with Gasteiger partial charge in [0.05, 0.1) is 17.4 Å². The number of nitrogens with one attached hydrogen (secondary N) is 2. The number of benzene rings is 1. The molecule has 1 aromatic carbocycles. The molecule has 0 saturated heterocycles. The van der Waals surface area contributed by atoms with E-state index in [0.717, 1.165) is 0 Å². The molecule has 2 aromatic rings. The Morgan fingerprint density at radius 3 is 2.37 bits per heavy atom. The number of carboxylic acid groups (broad SMARTS) is 1. The van der Waals surface area contributed by atoms with Gasteiger partial charge < -0.3 is 15.7 Å². The number of allylic oxidation sites excluding steroid dienone is 2. The number of amides is 2. The van der Waals surface area contributed by atoms with Crippen LogP contribution in [-0.4, -0.2) is 22.9 Å². The smallest absolute Gasteiger partial charge is 0.307 e. The second kappa shape index (κ2) is 7.00. The van der Waals surface area contributed by atoms with Crippen LogP contribution in [0.2, 0.25) is 0 Å². The predicted molar refractivity (Wildman–Crippen MR) is 103 cm³/mol. The van der Waals surface area contributed by atoms with Gasteiger partial charge in [0, 0.05) is 5.69 Å². The molecule has 2 amide bonds. The Labute approximate surface area is 159 Å². The van der Waals surface area contributed by atoms with Crippen LogP contribution in [0, 0.1) is 23.7 Å². The number of hydrogen-bond acceptors (Lipinski definition) is 4. The van der Waals surface area contributed by atoms with E-state index in [9.17, 15) is 19.5 Å². The summed E-state index contributed by atoms with van der Waals surface area (Å²) in [4.78, 5) is 37.0. The Morgan fingerprint density at radius 1 is 0.963 bits per heavy atom. The maximum Gasteiger partial charge on any atom is 0.307 e. The summed E-state index contributed by atoms with van der Waals surface area (Å²) in [6.45, 7) is 0. The topological polar surface area (TPSA) is 95.5 Å². The van der Waals surface area contributed by atoms with Crippen molar-refractivity contribution in [3.05, 3.63) is 59.5 Å². The van der Waals surface area contributed by atoms with E-state index in [4.69, 9.17) is 0 Å². The molecule has 0 radical (unpaired) electrons. The summed E-state index contributed by atoms with van der Waals surface area (Å²) >= 11 is 1.25. The molecule has 7 heteroatoms. The molecule has 0 spiro atoms. The fourth-order valence-electron chi connectivity index (χ4n) is 4.02. The van der Waals surface area contributed by atoms with E-state index in [0.29, 0.717) is 22.7 Å². The molecule has 1 aromatic heterocycles. The lowest BCUT2D eigenvalue weighted by Crippen LogP contribution is -2.36. The molecule has 0 aliphatic heterocycles. The molecule has 4 atom stereocenters. The predicted octanol–water partition coefficient (Wildman–Crippen LogP) is 3.46. The van der Waals surface area contributed by atoms with Gasteiger partial charge in [-0.3, -0.25) is 14.4 Å². The molecule has 1 saturated carbocycles. The largest absolute Gasteiger partial charge is 0.481 e. The highest BCUT2D eigenvalue weighted by Gasteiger charge is 2.51. The number of hydrogen-bond donors (Lipinski definition) is 3. The van der Waals surface area contributed by atoms with Crippen molar-refractivity contribution >= 4 is 39.8 Å². The lowest BCUT2D eigenvalue weighted by atomic mass is 9.82. The number of thiophene rings is 1. The van der Waals surface area contributed by atoms with Gasteiger partial charge in [0.15, 0.2) is 0 Å². The monoisotopic (exact) mass is 382 g/mol. The van der Waals surface area contributed by atoms with Crippen LogP contribution >= 0.6 is 11.3 Å². The van der Waals surface area contributed by atoms with Crippen LogP contribution in [0.4, 0.5) is 10.7 Å². The fraction of sp³-hybridized carbons (Fsp3) is 0.250. The molecule has 2 bridgehead atoms. The van der Waals surface area contributed by atoms with Crippen molar-refractivity contribution in [2.75, 3.05) is 10.6 Å². The first kappa shape index (κ1) is 17.5. The third kappa shape index (κ3) is 3.26. The van der Waals surface area contributed by atoms with Gasteiger partial charge in [-0.2, -0.15) is 0 Å². The Bertz CT molecular complexity index is 921. The van der Waals surface area contributed by atoms with Crippen LogP contribution in [0.1, 0.15) is 16.8 Å². The standard InChI is InChI=1S/C20H18N2O4S/c23-17(21-13-4-2-1-3-5-13)14-8-9-27-19(14)22-18(24)15-11-6-7-12(10-11)16(15)20(25)26/h1-9,11-12,15-16H,10H2,(H,21,23)(H,22,24)(H,25,26)/t11-,12-,15-,16+/m0/s1. The van der Waals surface area contributed by atoms with E-state index in [1.165, 1.54) is 11.3 Å². The zero-order valence-corrected chi connectivity index (χ0v) is 15.1. The van der Waals surface area contributed by atoms with E-state index in [2.05, 4.69) is 10.6 Å². The van der Waals surface area contributed by atoms with Crippen molar-refractivity contribution in [2.45, 2.75) is 6.42 Å². The molecule has 3 N–H and O–H groups in total. The summed E-state index contributed by atoms with van der Waals surface area (Å²) < 4.78 is 0. The third-order valence-electron chi connectivity index (χ3n) is 5.23. The normalized spacial score (nSPS) is 25.3. The quantitative estimate of drug-likeness (QED) is 0.690. The number of carbonyl (C=O) groups excluding carboxylic acids is 2. The Kier molecular flexibility index (Phi) is 4.53. The fourth-order valence-corrected chi connectivity index (χ4v) is 4.80. The van der Waals surface area contributed by atoms with Crippen molar-refractivity contribution < 1.29 is 19.5 Å². The number of rotatable bonds is 5. The molecule has 4 rings (SSSR count). The van der Waals surface area contributed by atoms with Gasteiger partial charge in [-0.15, -0.1) is 11.3 Å². The number of anilines is 2. The molecule has 1 fully saturated rings. The zero-order chi connectivity index (χ0) is 19.0. The molecule has 1 heterocycles. The van der Waals surface area contributed by atoms with Crippen LogP contribution < -0.4 is 10.6 Å². The SMILES string of the molecule is O=C(Nc1ccccc1)c1ccsc1NC(=O)[C@@H]1[C@H](C(=O)O)[C@H]2C=C[C@H]1C2. The maximum atomic E-state index is 12.8. The molecule has 6 nitrogen and oxygen atoms in total. The minimum atomic E-state index is -0.944. The lowest BCUT2D eigenvalue weighted by Gasteiger charge is -2.23. The van der Waals surface area contributed by atoms with E-state index >= 15 is 0 Å². The van der Waals surface area contributed by atoms with Gasteiger partial charge in [-0.25, -0.2) is 0 Å². The highest BCUT2D eigenvalue weighted by atomic mass is 32.1. The summed E-state index contributed by atoms with van der Waals surface area (Å²) in [6.07, 6.45) is 4.53. The van der Waals surface area contributed by atoms with Crippen LogP contribution in [-0.2, 0) is 9.59 Å². The first-order chi connectivity index (χ1) is 13.0. The molecular weight excluding hydrogens is 364 g/mol. The highest BCUT2D eigenvalue weighted by molar-refractivity contribution is 7.14. The van der Waals surface area contributed by atoms with Crippen LogP contribution in [0.15, 0.2) is 53.9 Å². The summed E-state index contributed by atoms with van der Waals surface area (Å²) in [6, 6.07) is 10.7. The van der Waals surface area contributed by atoms with Crippen molar-refractivity contribution in [3.8, 4) is 0 Å². The molecule has 2 aliphatic carbocycles. The summed E-state index contributed by atoms with van der Waals surface area (Å²) in [7, 11) is 0. The second-order valence-electron chi connectivity index (χ2n) is 6.81. The molecular formula is C20H18N2O4S. The number of fused-ring (bicyclic) bond motifs is 2. The zero-order valence-electron chi connectivity index (χ0n) is 14.3. The minimum absolute atomic E-state index is 0.0577. The average Bonchev–Trinajstić information content (AvgIpc) is 3.37. The van der Waals surface area contributed by atoms with Gasteiger partial charge in [-0.1, -0.05) is 30.4 Å². The van der Waals surface area contributed by atoms with Gasteiger partial charge >= 0.3 is 5.97 Å². The van der Waals surface area contributed by atoms with E-state index in [-0.39, 0.29) is 23.7 Å². The molecule has 2 aliphatic rings. The molecule has 0 unspecified atom stereocenters. The van der Waals surface area contributed by atoms with Crippen molar-refractivity contribution in [2.24, 2.45) is 23.7 Å².